The molecule has 0 radical (unpaired) electrons. The molecule has 2 fully saturated rings. The van der Waals surface area contributed by atoms with Crippen LogP contribution in [0.2, 0.25) is 0 Å². The molecule has 0 spiro atoms. The van der Waals surface area contributed by atoms with E-state index >= 15 is 0 Å². The largest absolute Gasteiger partial charge is 0.481 e. The molecule has 2 aliphatic rings. The van der Waals surface area contributed by atoms with E-state index < -0.39 is 11.9 Å². The van der Waals surface area contributed by atoms with Crippen molar-refractivity contribution < 1.29 is 14.7 Å². The Hall–Kier alpha value is -2.18. The highest BCUT2D eigenvalue weighted by atomic mass is 16.4. The number of rotatable bonds is 3. The quantitative estimate of drug-likeness (QED) is 0.866. The number of hydrogen-bond donors (Lipinski definition) is 1. The number of amides is 1. The number of carboxylic acids is 1. The molecule has 0 bridgehead atoms. The molecule has 2 aliphatic heterocycles. The van der Waals surface area contributed by atoms with Crippen LogP contribution in [0.4, 0.5) is 5.95 Å². The lowest BCUT2D eigenvalue weighted by molar-refractivity contribution is -0.141. The van der Waals surface area contributed by atoms with Gasteiger partial charge in [-0.1, -0.05) is 0 Å². The first-order chi connectivity index (χ1) is 10.1. The molecular formula is C14H18N4O3. The fraction of sp³-hybridized carbons (Fsp3) is 0.571. The Morgan fingerprint density at radius 1 is 1.24 bits per heavy atom. The zero-order valence-electron chi connectivity index (χ0n) is 11.7. The normalized spacial score (nSPS) is 23.6. The molecule has 112 valence electrons. The molecule has 7 nitrogen and oxygen atoms in total. The van der Waals surface area contributed by atoms with Gasteiger partial charge in [0.25, 0.3) is 0 Å². The van der Waals surface area contributed by atoms with Crippen LogP contribution in [0.5, 0.6) is 0 Å². The van der Waals surface area contributed by atoms with Crippen molar-refractivity contribution in [3.05, 3.63) is 18.5 Å². The maximum atomic E-state index is 12.0. The summed E-state index contributed by atoms with van der Waals surface area (Å²) in [6.45, 7) is 1.92. The summed E-state index contributed by atoms with van der Waals surface area (Å²) in [7, 11) is 0. The van der Waals surface area contributed by atoms with Gasteiger partial charge in [-0.2, -0.15) is 0 Å². The standard InChI is InChI=1S/C14H18N4O3/c19-12-8-10(13(20)21)9-18(12)11-2-6-17(7-3-11)14-15-4-1-5-16-14/h1,4-5,10-11H,2-3,6-9H2,(H,20,21). The number of carbonyl (C=O) groups excluding carboxylic acids is 1. The van der Waals surface area contributed by atoms with Gasteiger partial charge in [0.2, 0.25) is 11.9 Å². The SMILES string of the molecule is O=C(O)C1CC(=O)N(C2CCN(c3ncccn3)CC2)C1. The molecular weight excluding hydrogens is 272 g/mol. The summed E-state index contributed by atoms with van der Waals surface area (Å²) >= 11 is 0. The van der Waals surface area contributed by atoms with Gasteiger partial charge in [0.1, 0.15) is 0 Å². The predicted octanol–water partition coefficient (Wildman–Crippen LogP) is 0.379. The van der Waals surface area contributed by atoms with E-state index in [4.69, 9.17) is 5.11 Å². The van der Waals surface area contributed by atoms with Crippen LogP contribution in [-0.4, -0.2) is 57.5 Å². The maximum absolute atomic E-state index is 12.0. The summed E-state index contributed by atoms with van der Waals surface area (Å²) in [5.41, 5.74) is 0. The van der Waals surface area contributed by atoms with Crippen molar-refractivity contribution in [1.29, 1.82) is 0 Å². The number of likely N-dealkylation sites (tertiary alicyclic amines) is 1. The molecule has 2 saturated heterocycles. The second-order valence-electron chi connectivity index (χ2n) is 5.55. The highest BCUT2D eigenvalue weighted by Gasteiger charge is 2.38. The third-order valence-electron chi connectivity index (χ3n) is 4.25. The fourth-order valence-electron chi connectivity index (χ4n) is 3.08. The van der Waals surface area contributed by atoms with Crippen molar-refractivity contribution >= 4 is 17.8 Å². The lowest BCUT2D eigenvalue weighted by Crippen LogP contribution is -2.46. The van der Waals surface area contributed by atoms with E-state index in [9.17, 15) is 9.59 Å². The van der Waals surface area contributed by atoms with E-state index in [1.807, 2.05) is 0 Å². The first kappa shape index (κ1) is 13.8. The molecule has 1 aromatic rings. The molecule has 7 heteroatoms. The van der Waals surface area contributed by atoms with Crippen LogP contribution in [0.15, 0.2) is 18.5 Å². The average Bonchev–Trinajstić information content (AvgIpc) is 2.91. The summed E-state index contributed by atoms with van der Waals surface area (Å²) in [5.74, 6) is -0.738. The van der Waals surface area contributed by atoms with Crippen LogP contribution in [0, 0.1) is 5.92 Å². The summed E-state index contributed by atoms with van der Waals surface area (Å²) in [4.78, 5) is 35.3. The van der Waals surface area contributed by atoms with Gasteiger partial charge >= 0.3 is 5.97 Å². The van der Waals surface area contributed by atoms with Gasteiger partial charge < -0.3 is 14.9 Å². The Morgan fingerprint density at radius 2 is 1.90 bits per heavy atom. The zero-order valence-corrected chi connectivity index (χ0v) is 11.7. The topological polar surface area (TPSA) is 86.6 Å². The number of hydrogen-bond acceptors (Lipinski definition) is 5. The number of carboxylic acid groups (broad SMARTS) is 1. The third-order valence-corrected chi connectivity index (χ3v) is 4.25. The highest BCUT2D eigenvalue weighted by molar-refractivity contribution is 5.86. The summed E-state index contributed by atoms with van der Waals surface area (Å²) < 4.78 is 0. The lowest BCUT2D eigenvalue weighted by atomic mass is 10.0. The Bertz CT molecular complexity index is 528. The third kappa shape index (κ3) is 2.81. The van der Waals surface area contributed by atoms with E-state index in [0.29, 0.717) is 12.5 Å². The molecule has 0 aliphatic carbocycles. The van der Waals surface area contributed by atoms with Crippen LogP contribution in [0.3, 0.4) is 0 Å². The van der Waals surface area contributed by atoms with Crippen LogP contribution >= 0.6 is 0 Å². The summed E-state index contributed by atoms with van der Waals surface area (Å²) in [5, 5.41) is 9.03. The number of anilines is 1. The molecule has 1 N–H and O–H groups in total. The second-order valence-corrected chi connectivity index (χ2v) is 5.55. The van der Waals surface area contributed by atoms with Gasteiger partial charge in [0.05, 0.1) is 5.92 Å². The number of carbonyl (C=O) groups is 2. The Balaban J connectivity index is 1.59. The van der Waals surface area contributed by atoms with Crippen LogP contribution < -0.4 is 4.90 Å². The number of piperidine rings is 1. The van der Waals surface area contributed by atoms with E-state index in [1.165, 1.54) is 0 Å². The van der Waals surface area contributed by atoms with Crippen molar-refractivity contribution in [3.63, 3.8) is 0 Å². The fourth-order valence-corrected chi connectivity index (χ4v) is 3.08. The van der Waals surface area contributed by atoms with E-state index in [-0.39, 0.29) is 18.4 Å². The lowest BCUT2D eigenvalue weighted by Gasteiger charge is -2.36. The molecule has 3 heterocycles. The minimum Gasteiger partial charge on any atom is -0.481 e. The first-order valence-electron chi connectivity index (χ1n) is 7.19. The van der Waals surface area contributed by atoms with Gasteiger partial charge in [-0.25, -0.2) is 9.97 Å². The summed E-state index contributed by atoms with van der Waals surface area (Å²) in [6.07, 6.45) is 5.23. The second kappa shape index (κ2) is 5.67. The van der Waals surface area contributed by atoms with Crippen molar-refractivity contribution in [3.8, 4) is 0 Å². The van der Waals surface area contributed by atoms with Crippen LogP contribution in [0.25, 0.3) is 0 Å². The molecule has 1 unspecified atom stereocenters. The van der Waals surface area contributed by atoms with Crippen molar-refractivity contribution in [2.24, 2.45) is 5.92 Å². The number of aromatic nitrogens is 2. The molecule has 0 aromatic carbocycles. The maximum Gasteiger partial charge on any atom is 0.308 e. The predicted molar refractivity (Wildman–Crippen MR) is 74.7 cm³/mol. The van der Waals surface area contributed by atoms with Gasteiger partial charge in [0, 0.05) is 44.5 Å². The highest BCUT2D eigenvalue weighted by Crippen LogP contribution is 2.26. The van der Waals surface area contributed by atoms with Crippen molar-refractivity contribution in [2.75, 3.05) is 24.5 Å². The Morgan fingerprint density at radius 3 is 2.48 bits per heavy atom. The van der Waals surface area contributed by atoms with Gasteiger partial charge in [-0.3, -0.25) is 9.59 Å². The average molecular weight is 290 g/mol. The van der Waals surface area contributed by atoms with Gasteiger partial charge in [-0.15, -0.1) is 0 Å². The number of nitrogens with zero attached hydrogens (tertiary/aromatic N) is 4. The van der Waals surface area contributed by atoms with Gasteiger partial charge in [-0.05, 0) is 18.9 Å². The molecule has 21 heavy (non-hydrogen) atoms. The van der Waals surface area contributed by atoms with Crippen molar-refractivity contribution in [1.82, 2.24) is 14.9 Å². The molecule has 0 saturated carbocycles. The van der Waals surface area contributed by atoms with Gasteiger partial charge in [0.15, 0.2) is 0 Å². The minimum absolute atomic E-state index is 0.0307. The van der Waals surface area contributed by atoms with E-state index in [0.717, 1.165) is 25.9 Å². The van der Waals surface area contributed by atoms with Crippen molar-refractivity contribution in [2.45, 2.75) is 25.3 Å². The molecule has 3 rings (SSSR count). The Labute approximate surface area is 122 Å². The van der Waals surface area contributed by atoms with Crippen LogP contribution in [0.1, 0.15) is 19.3 Å². The molecule has 1 atom stereocenters. The number of aliphatic carboxylic acids is 1. The smallest absolute Gasteiger partial charge is 0.308 e. The molecule has 1 amide bonds. The first-order valence-corrected chi connectivity index (χ1v) is 7.19. The van der Waals surface area contributed by atoms with Crippen LogP contribution in [-0.2, 0) is 9.59 Å². The van der Waals surface area contributed by atoms with E-state index in [1.54, 1.807) is 23.4 Å². The summed E-state index contributed by atoms with van der Waals surface area (Å²) in [6, 6.07) is 1.92. The van der Waals surface area contributed by atoms with E-state index in [2.05, 4.69) is 14.9 Å². The monoisotopic (exact) mass is 290 g/mol. The zero-order chi connectivity index (χ0) is 14.8. The Kier molecular flexibility index (Phi) is 3.72. The molecule has 1 aromatic heterocycles. The minimum atomic E-state index is -0.874.